The lowest BCUT2D eigenvalue weighted by molar-refractivity contribution is -0.153. The van der Waals surface area contributed by atoms with Crippen LogP contribution in [0.15, 0.2) is 18.2 Å². The first-order valence-corrected chi connectivity index (χ1v) is 7.70. The topological polar surface area (TPSA) is 57.7 Å². The van der Waals surface area contributed by atoms with Crippen molar-refractivity contribution < 1.29 is 32.2 Å². The van der Waals surface area contributed by atoms with E-state index in [4.69, 9.17) is 14.2 Å². The minimum Gasteiger partial charge on any atom is -0.494 e. The number of ether oxygens (including phenoxy) is 3. The Kier molecular flexibility index (Phi) is 5.71. The van der Waals surface area contributed by atoms with Gasteiger partial charge in [-0.1, -0.05) is 0 Å². The Morgan fingerprint density at radius 1 is 1.12 bits per heavy atom. The molecular weight excluding hydrogens is 339 g/mol. The zero-order valence-corrected chi connectivity index (χ0v) is 14.1. The lowest BCUT2D eigenvalue weighted by Gasteiger charge is -2.15. The molecule has 0 saturated heterocycles. The summed E-state index contributed by atoms with van der Waals surface area (Å²) in [6.07, 6.45) is -4.50. The molecular formula is C17H18F3NO4. The van der Waals surface area contributed by atoms with Gasteiger partial charge in [0, 0.05) is 11.5 Å². The summed E-state index contributed by atoms with van der Waals surface area (Å²) >= 11 is 0. The number of benzene rings is 1. The highest BCUT2D eigenvalue weighted by molar-refractivity contribution is 5.95. The normalized spacial score (nSPS) is 11.4. The molecule has 0 bridgehead atoms. The number of aryl methyl sites for hydroxylation is 1. The molecule has 0 unspecified atom stereocenters. The van der Waals surface area contributed by atoms with Gasteiger partial charge in [-0.15, -0.1) is 0 Å². The van der Waals surface area contributed by atoms with Crippen LogP contribution in [0.1, 0.15) is 29.9 Å². The van der Waals surface area contributed by atoms with Crippen molar-refractivity contribution in [3.8, 4) is 11.5 Å². The zero-order valence-electron chi connectivity index (χ0n) is 14.1. The largest absolute Gasteiger partial charge is 0.494 e. The van der Waals surface area contributed by atoms with E-state index in [0.29, 0.717) is 23.3 Å². The van der Waals surface area contributed by atoms with Crippen LogP contribution in [0.2, 0.25) is 0 Å². The summed E-state index contributed by atoms with van der Waals surface area (Å²) in [5.41, 5.74) is 0.801. The number of halogens is 3. The summed E-state index contributed by atoms with van der Waals surface area (Å²) in [5, 5.41) is 0.538. The van der Waals surface area contributed by atoms with Gasteiger partial charge in [-0.3, -0.25) is 0 Å². The van der Waals surface area contributed by atoms with Crippen LogP contribution in [-0.2, 0) is 4.74 Å². The molecule has 25 heavy (non-hydrogen) atoms. The van der Waals surface area contributed by atoms with Gasteiger partial charge in [-0.05, 0) is 38.5 Å². The molecule has 0 aliphatic carbocycles. The van der Waals surface area contributed by atoms with E-state index >= 15 is 0 Å². The Balaban J connectivity index is 2.57. The van der Waals surface area contributed by atoms with Gasteiger partial charge >= 0.3 is 12.1 Å². The van der Waals surface area contributed by atoms with Crippen molar-refractivity contribution in [3.05, 3.63) is 29.5 Å². The first-order valence-electron chi connectivity index (χ1n) is 7.70. The Bertz CT molecular complexity index is 775. The summed E-state index contributed by atoms with van der Waals surface area (Å²) in [4.78, 5) is 16.0. The maximum absolute atomic E-state index is 12.5. The molecule has 0 aliphatic rings. The summed E-state index contributed by atoms with van der Waals surface area (Å²) in [5.74, 6) is -0.392. The van der Waals surface area contributed by atoms with E-state index in [9.17, 15) is 18.0 Å². The third-order valence-corrected chi connectivity index (χ3v) is 3.25. The molecule has 0 fully saturated rings. The highest BCUT2D eigenvalue weighted by atomic mass is 19.4. The van der Waals surface area contributed by atoms with Crippen molar-refractivity contribution in [1.82, 2.24) is 4.98 Å². The number of alkyl halides is 3. The molecule has 0 atom stereocenters. The van der Waals surface area contributed by atoms with Crippen molar-refractivity contribution in [2.45, 2.75) is 26.9 Å². The fourth-order valence-electron chi connectivity index (χ4n) is 2.26. The van der Waals surface area contributed by atoms with E-state index in [2.05, 4.69) is 4.98 Å². The third kappa shape index (κ3) is 4.74. The van der Waals surface area contributed by atoms with Crippen LogP contribution in [0, 0.1) is 6.92 Å². The van der Waals surface area contributed by atoms with Gasteiger partial charge < -0.3 is 14.2 Å². The number of hydrogen-bond acceptors (Lipinski definition) is 5. The molecule has 5 nitrogen and oxygen atoms in total. The van der Waals surface area contributed by atoms with Crippen molar-refractivity contribution in [1.29, 1.82) is 0 Å². The molecule has 0 aliphatic heterocycles. The summed E-state index contributed by atoms with van der Waals surface area (Å²) < 4.78 is 52.8. The fourth-order valence-corrected chi connectivity index (χ4v) is 2.26. The second-order valence-electron chi connectivity index (χ2n) is 5.20. The van der Waals surface area contributed by atoms with Gasteiger partial charge in [0.25, 0.3) is 0 Å². The van der Waals surface area contributed by atoms with Gasteiger partial charge in [0.1, 0.15) is 22.7 Å². The van der Waals surface area contributed by atoms with Crippen LogP contribution in [0.3, 0.4) is 0 Å². The Hall–Kier alpha value is -2.51. The van der Waals surface area contributed by atoms with Crippen LogP contribution >= 0.6 is 0 Å². The fraction of sp³-hybridized carbons (Fsp3) is 0.412. The molecule has 2 rings (SSSR count). The summed E-state index contributed by atoms with van der Waals surface area (Å²) in [7, 11) is 0. The lowest BCUT2D eigenvalue weighted by Crippen LogP contribution is -2.19. The first kappa shape index (κ1) is 18.8. The van der Waals surface area contributed by atoms with Gasteiger partial charge in [0.2, 0.25) is 0 Å². The van der Waals surface area contributed by atoms with Crippen LogP contribution < -0.4 is 9.47 Å². The molecule has 1 aromatic carbocycles. The molecule has 0 N–H and O–H groups in total. The zero-order chi connectivity index (χ0) is 18.6. The number of aromatic nitrogens is 1. The van der Waals surface area contributed by atoms with Crippen LogP contribution in [0.4, 0.5) is 13.2 Å². The van der Waals surface area contributed by atoms with Crippen molar-refractivity contribution in [3.63, 3.8) is 0 Å². The minimum absolute atomic E-state index is 0.00729. The van der Waals surface area contributed by atoms with Crippen molar-refractivity contribution in [2.24, 2.45) is 0 Å². The first-order chi connectivity index (χ1) is 11.7. The lowest BCUT2D eigenvalue weighted by atomic mass is 10.1. The quantitative estimate of drug-likeness (QED) is 0.730. The van der Waals surface area contributed by atoms with Crippen LogP contribution in [-0.4, -0.2) is 37.0 Å². The average Bonchev–Trinajstić information content (AvgIpc) is 2.53. The number of carbonyl (C=O) groups is 1. The molecule has 136 valence electrons. The molecule has 0 radical (unpaired) electrons. The number of pyridine rings is 1. The minimum atomic E-state index is -4.50. The van der Waals surface area contributed by atoms with Crippen molar-refractivity contribution >= 4 is 16.9 Å². The Labute approximate surface area is 142 Å². The van der Waals surface area contributed by atoms with E-state index in [1.807, 2.05) is 0 Å². The van der Waals surface area contributed by atoms with Crippen molar-refractivity contribution in [2.75, 3.05) is 19.8 Å². The molecule has 0 saturated carbocycles. The van der Waals surface area contributed by atoms with E-state index in [-0.39, 0.29) is 23.6 Å². The van der Waals surface area contributed by atoms with E-state index in [1.54, 1.807) is 26.8 Å². The monoisotopic (exact) mass is 357 g/mol. The third-order valence-electron chi connectivity index (χ3n) is 3.25. The highest BCUT2D eigenvalue weighted by Crippen LogP contribution is 2.33. The standard InChI is InChI=1S/C17H18F3NO4/c1-4-23-11-7-12-10(3)6-13(16(22)24-5-2)21-15(12)14(8-11)25-9-17(18,19)20/h6-8H,4-5,9H2,1-3H3. The average molecular weight is 357 g/mol. The number of fused-ring (bicyclic) bond motifs is 1. The van der Waals surface area contributed by atoms with E-state index in [0.717, 1.165) is 0 Å². The number of nitrogens with zero attached hydrogens (tertiary/aromatic N) is 1. The summed E-state index contributed by atoms with van der Waals surface area (Å²) in [6.45, 7) is 4.17. The van der Waals surface area contributed by atoms with Gasteiger partial charge in [-0.2, -0.15) is 13.2 Å². The SMILES string of the molecule is CCOC(=O)c1cc(C)c2cc(OCC)cc(OCC(F)(F)F)c2n1. The number of esters is 1. The second-order valence-corrected chi connectivity index (χ2v) is 5.20. The smallest absolute Gasteiger partial charge is 0.422 e. The van der Waals surface area contributed by atoms with Crippen LogP contribution in [0.5, 0.6) is 11.5 Å². The maximum atomic E-state index is 12.5. The van der Waals surface area contributed by atoms with Gasteiger partial charge in [-0.25, -0.2) is 9.78 Å². The summed E-state index contributed by atoms with van der Waals surface area (Å²) in [6, 6.07) is 4.50. The highest BCUT2D eigenvalue weighted by Gasteiger charge is 2.29. The van der Waals surface area contributed by atoms with E-state index < -0.39 is 18.8 Å². The molecule has 2 aromatic rings. The molecule has 1 heterocycles. The number of rotatable bonds is 6. The predicted molar refractivity (Wildman–Crippen MR) is 85.2 cm³/mol. The molecule has 0 spiro atoms. The van der Waals surface area contributed by atoms with Gasteiger partial charge in [0.05, 0.1) is 13.2 Å². The number of hydrogen-bond donors (Lipinski definition) is 0. The van der Waals surface area contributed by atoms with Crippen LogP contribution in [0.25, 0.3) is 10.9 Å². The maximum Gasteiger partial charge on any atom is 0.422 e. The Morgan fingerprint density at radius 3 is 2.44 bits per heavy atom. The molecule has 0 amide bonds. The molecule has 8 heteroatoms. The Morgan fingerprint density at radius 2 is 1.84 bits per heavy atom. The molecule has 1 aromatic heterocycles. The predicted octanol–water partition coefficient (Wildman–Crippen LogP) is 4.06. The van der Waals surface area contributed by atoms with Gasteiger partial charge in [0.15, 0.2) is 6.61 Å². The second kappa shape index (κ2) is 7.58. The van der Waals surface area contributed by atoms with E-state index in [1.165, 1.54) is 12.1 Å². The number of carbonyl (C=O) groups excluding carboxylic acids is 1.